The summed E-state index contributed by atoms with van der Waals surface area (Å²) in [6, 6.07) is 16.1. The molecule has 0 N–H and O–H groups in total. The molecule has 3 aromatic rings. The van der Waals surface area contributed by atoms with Gasteiger partial charge in [0, 0.05) is 0 Å². The van der Waals surface area contributed by atoms with Crippen molar-refractivity contribution in [3.05, 3.63) is 77.4 Å². The first-order valence-electron chi connectivity index (χ1n) is 13.2. The van der Waals surface area contributed by atoms with Crippen molar-refractivity contribution in [3.63, 3.8) is 0 Å². The molecule has 0 fully saturated rings. The number of rotatable bonds is 3. The van der Waals surface area contributed by atoms with Gasteiger partial charge in [-0.15, -0.1) is 39.7 Å². The van der Waals surface area contributed by atoms with Crippen LogP contribution in [-0.4, -0.2) is 0 Å². The van der Waals surface area contributed by atoms with E-state index in [2.05, 4.69) is 130 Å². The second-order valence-corrected chi connectivity index (χ2v) is 13.2. The summed E-state index contributed by atoms with van der Waals surface area (Å²) >= 11 is 0. The molecule has 0 bridgehead atoms. The predicted octanol–water partition coefficient (Wildman–Crippen LogP) is 4.45. The van der Waals surface area contributed by atoms with Gasteiger partial charge in [0.05, 0.1) is 0 Å². The van der Waals surface area contributed by atoms with E-state index < -0.39 is 0 Å². The van der Waals surface area contributed by atoms with Gasteiger partial charge in [0.25, 0.3) is 0 Å². The zero-order valence-corrected chi connectivity index (χ0v) is 28.6. The summed E-state index contributed by atoms with van der Waals surface area (Å²) in [6.07, 6.45) is 11.9. The number of fused-ring (bicyclic) bond motifs is 3. The number of halogens is 2. The first-order chi connectivity index (χ1) is 15.7. The van der Waals surface area contributed by atoms with Gasteiger partial charge in [0.2, 0.25) is 0 Å². The molecule has 0 heterocycles. The van der Waals surface area contributed by atoms with Crippen LogP contribution in [0.25, 0.3) is 21.5 Å². The Labute approximate surface area is 259 Å². The van der Waals surface area contributed by atoms with E-state index in [9.17, 15) is 0 Å². The Hall–Kier alpha value is -0.747. The predicted molar refractivity (Wildman–Crippen MR) is 153 cm³/mol. The van der Waals surface area contributed by atoms with Crippen LogP contribution in [0.3, 0.4) is 0 Å². The van der Waals surface area contributed by atoms with Crippen molar-refractivity contribution in [1.82, 2.24) is 0 Å². The average molecular weight is 617 g/mol. The van der Waals surface area contributed by atoms with Crippen LogP contribution in [0.15, 0.2) is 60.2 Å². The number of hydrogen-bond acceptors (Lipinski definition) is 0. The molecule has 3 heteroatoms. The number of unbranched alkanes of at least 4 members (excludes halogenated alkanes) is 1. The van der Waals surface area contributed by atoms with E-state index in [1.165, 1.54) is 57.5 Å². The summed E-state index contributed by atoms with van der Waals surface area (Å²) < 4.78 is 0. The topological polar surface area (TPSA) is 0 Å². The first-order valence-corrected chi connectivity index (χ1v) is 13.2. The molecule has 1 aliphatic carbocycles. The monoisotopic (exact) mass is 614 g/mol. The van der Waals surface area contributed by atoms with Crippen LogP contribution in [0.4, 0.5) is 0 Å². The van der Waals surface area contributed by atoms with Crippen molar-refractivity contribution in [2.24, 2.45) is 11.3 Å². The molecule has 3 aromatic carbocycles. The first kappa shape index (κ1) is 36.3. The van der Waals surface area contributed by atoms with Gasteiger partial charge in [-0.2, -0.15) is 11.6 Å². The molecule has 200 valence electrons. The van der Waals surface area contributed by atoms with Gasteiger partial charge in [-0.25, -0.2) is 6.08 Å². The molecule has 0 amide bonds. The summed E-state index contributed by atoms with van der Waals surface area (Å²) in [5, 5.41) is 5.49. The maximum Gasteiger partial charge on any atom is 4.00 e. The largest absolute Gasteiger partial charge is 4.00 e. The van der Waals surface area contributed by atoms with Crippen LogP contribution in [0.2, 0.25) is 0 Å². The Bertz CT molecular complexity index is 1120. The van der Waals surface area contributed by atoms with Crippen molar-refractivity contribution in [1.29, 1.82) is 0 Å². The van der Waals surface area contributed by atoms with Crippen LogP contribution >= 0.6 is 0 Å². The smallest absolute Gasteiger partial charge is 1.00 e. The summed E-state index contributed by atoms with van der Waals surface area (Å²) in [5.41, 5.74) is 4.95. The minimum atomic E-state index is 0. The van der Waals surface area contributed by atoms with Crippen LogP contribution in [-0.2, 0) is 37.0 Å². The van der Waals surface area contributed by atoms with E-state index in [1.54, 1.807) is 0 Å². The Balaban J connectivity index is 0.000000712. The third-order valence-corrected chi connectivity index (χ3v) is 7.01. The molecular formula is C34H46Cl2Zr. The van der Waals surface area contributed by atoms with Crippen molar-refractivity contribution >= 4 is 21.5 Å². The van der Waals surface area contributed by atoms with Gasteiger partial charge in [0.1, 0.15) is 0 Å². The molecule has 0 radical (unpaired) electrons. The fourth-order valence-electron chi connectivity index (χ4n) is 4.50. The summed E-state index contributed by atoms with van der Waals surface area (Å²) in [7, 11) is 0. The maximum atomic E-state index is 3.43. The van der Waals surface area contributed by atoms with Crippen LogP contribution in [0, 0.1) is 17.4 Å². The molecule has 1 unspecified atom stereocenters. The minimum absolute atomic E-state index is 0. The number of hydrogen-bond donors (Lipinski definition) is 0. The molecule has 0 aliphatic heterocycles. The fraction of sp³-hybridized carbons (Fsp3) is 0.500. The van der Waals surface area contributed by atoms with Gasteiger partial charge in [0.15, 0.2) is 0 Å². The maximum absolute atomic E-state index is 3.43. The van der Waals surface area contributed by atoms with Gasteiger partial charge in [-0.1, -0.05) is 135 Å². The van der Waals surface area contributed by atoms with Gasteiger partial charge in [-0.05, 0) is 10.8 Å². The molecular weight excluding hydrogens is 571 g/mol. The summed E-state index contributed by atoms with van der Waals surface area (Å²) in [4.78, 5) is 0. The fourth-order valence-corrected chi connectivity index (χ4v) is 4.50. The second kappa shape index (κ2) is 14.1. The van der Waals surface area contributed by atoms with Crippen molar-refractivity contribution < 1.29 is 51.0 Å². The van der Waals surface area contributed by atoms with Crippen LogP contribution < -0.4 is 24.8 Å². The Morgan fingerprint density at radius 1 is 0.730 bits per heavy atom. The van der Waals surface area contributed by atoms with Crippen LogP contribution in [0.5, 0.6) is 0 Å². The molecule has 37 heavy (non-hydrogen) atoms. The number of benzene rings is 2. The normalized spacial score (nSPS) is 15.3. The summed E-state index contributed by atoms with van der Waals surface area (Å²) in [5.74, 6) is 0.592. The molecule has 1 aliphatic rings. The van der Waals surface area contributed by atoms with Gasteiger partial charge >= 0.3 is 26.2 Å². The SMILES string of the molecule is CC(C)(C)c1ccc2[cH-]c3ccc(C(C)(C)C)cc3c2c1.CCCCC1[C-]=CC(C(C)(C)C)=C1.[Cl-].[Cl-].[Zr+4]. The van der Waals surface area contributed by atoms with Crippen molar-refractivity contribution in [2.45, 2.75) is 99.3 Å². The Morgan fingerprint density at radius 2 is 1.19 bits per heavy atom. The van der Waals surface area contributed by atoms with E-state index in [0.29, 0.717) is 11.3 Å². The molecule has 4 rings (SSSR count). The van der Waals surface area contributed by atoms with E-state index >= 15 is 0 Å². The Morgan fingerprint density at radius 3 is 1.54 bits per heavy atom. The van der Waals surface area contributed by atoms with E-state index in [-0.39, 0.29) is 61.8 Å². The van der Waals surface area contributed by atoms with Gasteiger partial charge in [-0.3, -0.25) is 6.08 Å². The standard InChI is InChI=1S/C21H25.C13H21.2ClH.Zr/c1-20(2,3)16-9-7-14-11-15-8-10-17(21(4,5)6)13-19(15)18(14)12-16;1-5-6-7-11-8-9-12(10-11)13(2,3)4;;;/h7-13H,1-6H3;9-11H,5-7H2,1-4H3;2*1H;/q2*-1;;;+4/p-2. The van der Waals surface area contributed by atoms with E-state index in [0.717, 1.165) is 0 Å². The summed E-state index contributed by atoms with van der Waals surface area (Å²) in [6.45, 7) is 22.7. The molecule has 0 spiro atoms. The molecule has 0 nitrogen and oxygen atoms in total. The minimum Gasteiger partial charge on any atom is -1.00 e. The molecule has 0 aromatic heterocycles. The van der Waals surface area contributed by atoms with Gasteiger partial charge < -0.3 is 24.8 Å². The van der Waals surface area contributed by atoms with E-state index in [4.69, 9.17) is 0 Å². The molecule has 1 atom stereocenters. The third-order valence-electron chi connectivity index (χ3n) is 7.01. The van der Waals surface area contributed by atoms with Crippen molar-refractivity contribution in [2.75, 3.05) is 0 Å². The quantitative estimate of drug-likeness (QED) is 0.382. The molecule has 0 saturated heterocycles. The third kappa shape index (κ3) is 9.44. The molecule has 0 saturated carbocycles. The second-order valence-electron chi connectivity index (χ2n) is 13.2. The zero-order valence-electron chi connectivity index (χ0n) is 24.7. The van der Waals surface area contributed by atoms with Crippen molar-refractivity contribution in [3.8, 4) is 0 Å². The Kier molecular flexibility index (Phi) is 13.8. The van der Waals surface area contributed by atoms with Crippen LogP contribution in [0.1, 0.15) is 99.6 Å². The zero-order chi connectivity index (χ0) is 25.3. The number of allylic oxidation sites excluding steroid dienone is 4. The van der Waals surface area contributed by atoms with E-state index in [1.807, 2.05) is 0 Å². The average Bonchev–Trinajstić information content (AvgIpc) is 3.35.